The van der Waals surface area contributed by atoms with Crippen LogP contribution in [0.4, 0.5) is 10.5 Å². The third-order valence-electron chi connectivity index (χ3n) is 5.41. The van der Waals surface area contributed by atoms with Gasteiger partial charge in [0, 0.05) is 40.8 Å². The van der Waals surface area contributed by atoms with E-state index in [-0.39, 0.29) is 18.1 Å². The van der Waals surface area contributed by atoms with Crippen molar-refractivity contribution in [3.05, 3.63) is 63.6 Å². The van der Waals surface area contributed by atoms with Crippen molar-refractivity contribution in [1.82, 2.24) is 4.90 Å². The lowest BCUT2D eigenvalue weighted by atomic mass is 9.74. The smallest absolute Gasteiger partial charge is 0.321 e. The Morgan fingerprint density at radius 1 is 1.19 bits per heavy atom. The van der Waals surface area contributed by atoms with Gasteiger partial charge < -0.3 is 15.3 Å². The summed E-state index contributed by atoms with van der Waals surface area (Å²) in [5.41, 5.74) is 2.49. The Morgan fingerprint density at radius 2 is 1.89 bits per heavy atom. The average Bonchev–Trinajstić information content (AvgIpc) is 2.67. The fraction of sp³-hybridized carbons (Fsp3) is 0.381. The fourth-order valence-electron chi connectivity index (χ4n) is 3.54. The van der Waals surface area contributed by atoms with Crippen LogP contribution < -0.4 is 5.32 Å². The Morgan fingerprint density at radius 3 is 2.56 bits per heavy atom. The summed E-state index contributed by atoms with van der Waals surface area (Å²) in [6, 6.07) is 13.0. The summed E-state index contributed by atoms with van der Waals surface area (Å²) in [5.74, 6) is 0. The molecule has 0 aliphatic carbocycles. The van der Waals surface area contributed by atoms with Crippen LogP contribution in [-0.4, -0.2) is 35.7 Å². The SMILES string of the molecule is Cc1ccc(Cl)cc1NC(=O)N1CCC(CO)(Cc2ccccc2Cl)CC1. The number of hydrogen-bond acceptors (Lipinski definition) is 2. The molecule has 4 nitrogen and oxygen atoms in total. The monoisotopic (exact) mass is 406 g/mol. The summed E-state index contributed by atoms with van der Waals surface area (Å²) in [6.07, 6.45) is 2.18. The number of hydrogen-bond donors (Lipinski definition) is 2. The minimum absolute atomic E-state index is 0.0844. The van der Waals surface area contributed by atoms with Crippen molar-refractivity contribution in [3.63, 3.8) is 0 Å². The molecular formula is C21H24Cl2N2O2. The Bertz CT molecular complexity index is 818. The molecule has 2 aromatic rings. The van der Waals surface area contributed by atoms with Crippen LogP contribution in [0.5, 0.6) is 0 Å². The first kappa shape index (κ1) is 20.0. The molecule has 2 N–H and O–H groups in total. The second kappa shape index (κ2) is 8.51. The van der Waals surface area contributed by atoms with E-state index in [0.29, 0.717) is 24.5 Å². The zero-order valence-electron chi connectivity index (χ0n) is 15.3. The number of aliphatic hydroxyl groups is 1. The van der Waals surface area contributed by atoms with Gasteiger partial charge in [-0.25, -0.2) is 4.79 Å². The van der Waals surface area contributed by atoms with Gasteiger partial charge in [-0.15, -0.1) is 0 Å². The lowest BCUT2D eigenvalue weighted by Crippen LogP contribution is -2.47. The predicted octanol–water partition coefficient (Wildman–Crippen LogP) is 5.15. The molecule has 0 bridgehead atoms. The highest BCUT2D eigenvalue weighted by Crippen LogP contribution is 2.36. The highest BCUT2D eigenvalue weighted by Gasteiger charge is 2.36. The van der Waals surface area contributed by atoms with E-state index in [4.69, 9.17) is 23.2 Å². The number of carbonyl (C=O) groups is 1. The largest absolute Gasteiger partial charge is 0.396 e. The maximum Gasteiger partial charge on any atom is 0.321 e. The van der Waals surface area contributed by atoms with Crippen LogP contribution in [0, 0.1) is 12.3 Å². The van der Waals surface area contributed by atoms with Crippen LogP contribution in [0.1, 0.15) is 24.0 Å². The second-order valence-corrected chi connectivity index (χ2v) is 8.15. The molecular weight excluding hydrogens is 383 g/mol. The summed E-state index contributed by atoms with van der Waals surface area (Å²) < 4.78 is 0. The lowest BCUT2D eigenvalue weighted by molar-refractivity contribution is 0.0576. The van der Waals surface area contributed by atoms with E-state index in [9.17, 15) is 9.90 Å². The van der Waals surface area contributed by atoms with Crippen LogP contribution in [0.25, 0.3) is 0 Å². The van der Waals surface area contributed by atoms with Crippen molar-refractivity contribution in [1.29, 1.82) is 0 Å². The first-order chi connectivity index (χ1) is 12.9. The summed E-state index contributed by atoms with van der Waals surface area (Å²) in [6.45, 7) is 3.20. The quantitative estimate of drug-likeness (QED) is 0.737. The number of piperidine rings is 1. The molecule has 0 unspecified atom stereocenters. The molecule has 0 saturated carbocycles. The number of nitrogens with one attached hydrogen (secondary N) is 1. The zero-order valence-corrected chi connectivity index (χ0v) is 16.9. The summed E-state index contributed by atoms with van der Waals surface area (Å²) in [7, 11) is 0. The van der Waals surface area contributed by atoms with E-state index in [1.807, 2.05) is 37.3 Å². The maximum absolute atomic E-state index is 12.6. The number of urea groups is 1. The van der Waals surface area contributed by atoms with E-state index >= 15 is 0 Å². The van der Waals surface area contributed by atoms with Crippen molar-refractivity contribution in [2.45, 2.75) is 26.2 Å². The molecule has 0 aromatic heterocycles. The molecule has 1 heterocycles. The van der Waals surface area contributed by atoms with Crippen molar-refractivity contribution in [2.75, 3.05) is 25.0 Å². The number of benzene rings is 2. The Hall–Kier alpha value is -1.75. The number of halogens is 2. The van der Waals surface area contributed by atoms with E-state index in [2.05, 4.69) is 5.32 Å². The van der Waals surface area contributed by atoms with E-state index in [0.717, 1.165) is 34.7 Å². The van der Waals surface area contributed by atoms with Crippen LogP contribution >= 0.6 is 23.2 Å². The van der Waals surface area contributed by atoms with Crippen LogP contribution in [0.3, 0.4) is 0 Å². The number of carbonyl (C=O) groups excluding carboxylic acids is 1. The summed E-state index contributed by atoms with van der Waals surface area (Å²) in [4.78, 5) is 14.4. The standard InChI is InChI=1S/C21H24Cl2N2O2/c1-15-6-7-17(22)12-19(15)24-20(27)25-10-8-21(14-26,9-11-25)13-16-4-2-3-5-18(16)23/h2-7,12,26H,8-11,13-14H2,1H3,(H,24,27). The van der Waals surface area contributed by atoms with Crippen LogP contribution in [0.15, 0.2) is 42.5 Å². The number of aliphatic hydroxyl groups excluding tert-OH is 1. The lowest BCUT2D eigenvalue weighted by Gasteiger charge is -2.41. The van der Waals surface area contributed by atoms with Crippen molar-refractivity contribution < 1.29 is 9.90 Å². The minimum atomic E-state index is -0.242. The molecule has 144 valence electrons. The zero-order chi connectivity index (χ0) is 19.4. The first-order valence-corrected chi connectivity index (χ1v) is 9.84. The van der Waals surface area contributed by atoms with Gasteiger partial charge in [-0.2, -0.15) is 0 Å². The van der Waals surface area contributed by atoms with Gasteiger partial charge in [-0.3, -0.25) is 0 Å². The van der Waals surface area contributed by atoms with Crippen LogP contribution in [0.2, 0.25) is 10.0 Å². The van der Waals surface area contributed by atoms with Gasteiger partial charge in [0.1, 0.15) is 0 Å². The third kappa shape index (κ3) is 4.75. The Balaban J connectivity index is 1.63. The predicted molar refractivity (Wildman–Crippen MR) is 111 cm³/mol. The number of nitrogens with zero attached hydrogens (tertiary/aromatic N) is 1. The van der Waals surface area contributed by atoms with Gasteiger partial charge in [0.05, 0.1) is 0 Å². The molecule has 1 aliphatic rings. The van der Waals surface area contributed by atoms with E-state index in [1.165, 1.54) is 0 Å². The minimum Gasteiger partial charge on any atom is -0.396 e. The Labute approximate surface area is 170 Å². The molecule has 3 rings (SSSR count). The highest BCUT2D eigenvalue weighted by atomic mass is 35.5. The second-order valence-electron chi connectivity index (χ2n) is 7.30. The van der Waals surface area contributed by atoms with Gasteiger partial charge in [0.25, 0.3) is 0 Å². The molecule has 0 spiro atoms. The Kier molecular flexibility index (Phi) is 6.30. The van der Waals surface area contributed by atoms with Crippen LogP contribution in [-0.2, 0) is 6.42 Å². The van der Waals surface area contributed by atoms with Gasteiger partial charge in [0.15, 0.2) is 0 Å². The van der Waals surface area contributed by atoms with E-state index in [1.54, 1.807) is 17.0 Å². The number of likely N-dealkylation sites (tertiary alicyclic amines) is 1. The molecule has 0 atom stereocenters. The maximum atomic E-state index is 12.6. The third-order valence-corrected chi connectivity index (χ3v) is 6.02. The molecule has 2 amide bonds. The molecule has 2 aromatic carbocycles. The fourth-order valence-corrected chi connectivity index (χ4v) is 3.92. The molecule has 1 saturated heterocycles. The molecule has 27 heavy (non-hydrogen) atoms. The number of anilines is 1. The normalized spacial score (nSPS) is 16.2. The van der Waals surface area contributed by atoms with E-state index < -0.39 is 0 Å². The summed E-state index contributed by atoms with van der Waals surface area (Å²) in [5, 5.41) is 14.3. The molecule has 1 fully saturated rings. The topological polar surface area (TPSA) is 52.6 Å². The number of aryl methyl sites for hydroxylation is 1. The van der Waals surface area contributed by atoms with Crippen molar-refractivity contribution in [2.24, 2.45) is 5.41 Å². The van der Waals surface area contributed by atoms with Gasteiger partial charge >= 0.3 is 6.03 Å². The number of rotatable bonds is 4. The van der Waals surface area contributed by atoms with Gasteiger partial charge in [-0.1, -0.05) is 47.5 Å². The molecule has 1 aliphatic heterocycles. The van der Waals surface area contributed by atoms with Crippen molar-refractivity contribution >= 4 is 34.9 Å². The average molecular weight is 407 g/mol. The molecule has 6 heteroatoms. The summed E-state index contributed by atoms with van der Waals surface area (Å²) >= 11 is 12.3. The number of amides is 2. The highest BCUT2D eigenvalue weighted by molar-refractivity contribution is 6.31. The van der Waals surface area contributed by atoms with Gasteiger partial charge in [-0.05, 0) is 55.5 Å². The molecule has 0 radical (unpaired) electrons. The van der Waals surface area contributed by atoms with Gasteiger partial charge in [0.2, 0.25) is 0 Å². The first-order valence-electron chi connectivity index (χ1n) is 9.09. The van der Waals surface area contributed by atoms with Crippen molar-refractivity contribution in [3.8, 4) is 0 Å².